The second kappa shape index (κ2) is 7.97. The molecule has 1 heterocycles. The number of hydrogen-bond donors (Lipinski definition) is 1. The number of halogens is 1. The lowest BCUT2D eigenvalue weighted by Gasteiger charge is -2.10. The van der Waals surface area contributed by atoms with Crippen LogP contribution in [0.2, 0.25) is 0 Å². The monoisotopic (exact) mass is 364 g/mol. The highest BCUT2D eigenvalue weighted by Crippen LogP contribution is 2.30. The van der Waals surface area contributed by atoms with E-state index in [1.54, 1.807) is 11.8 Å². The maximum atomic E-state index is 4.61. The Morgan fingerprint density at radius 1 is 1.29 bits per heavy atom. The molecular weight excluding hydrogens is 344 g/mol. The smallest absolute Gasteiger partial charge is 0.104 e. The van der Waals surface area contributed by atoms with E-state index in [0.29, 0.717) is 5.92 Å². The molecular formula is C17H21BrN2S. The number of aromatic nitrogens is 1. The van der Waals surface area contributed by atoms with Crippen LogP contribution in [-0.2, 0) is 6.54 Å². The zero-order valence-corrected chi connectivity index (χ0v) is 15.1. The van der Waals surface area contributed by atoms with Crippen molar-refractivity contribution < 1.29 is 0 Å². The lowest BCUT2D eigenvalue weighted by atomic mass is 10.2. The van der Waals surface area contributed by atoms with Gasteiger partial charge >= 0.3 is 0 Å². The van der Waals surface area contributed by atoms with Crippen molar-refractivity contribution in [3.05, 3.63) is 52.1 Å². The highest BCUT2D eigenvalue weighted by atomic mass is 79.9. The molecule has 4 heteroatoms. The molecule has 0 aliphatic carbocycles. The molecule has 0 aliphatic heterocycles. The Bertz CT molecular complexity index is 599. The quantitative estimate of drug-likeness (QED) is 0.776. The van der Waals surface area contributed by atoms with Crippen LogP contribution in [0.4, 0.5) is 0 Å². The van der Waals surface area contributed by atoms with Crippen molar-refractivity contribution in [1.82, 2.24) is 10.3 Å². The molecule has 0 spiro atoms. The highest BCUT2D eigenvalue weighted by molar-refractivity contribution is 9.10. The molecule has 2 nitrogen and oxygen atoms in total. The summed E-state index contributed by atoms with van der Waals surface area (Å²) in [4.78, 5) is 5.81. The van der Waals surface area contributed by atoms with Gasteiger partial charge in [-0.25, -0.2) is 4.98 Å². The molecule has 0 saturated carbocycles. The molecule has 2 aromatic rings. The van der Waals surface area contributed by atoms with E-state index in [4.69, 9.17) is 0 Å². The van der Waals surface area contributed by atoms with Crippen molar-refractivity contribution >= 4 is 27.7 Å². The Labute approximate surface area is 139 Å². The van der Waals surface area contributed by atoms with Crippen LogP contribution < -0.4 is 5.32 Å². The van der Waals surface area contributed by atoms with E-state index in [1.165, 1.54) is 16.0 Å². The van der Waals surface area contributed by atoms with E-state index >= 15 is 0 Å². The average Bonchev–Trinajstić information content (AvgIpc) is 2.41. The number of nitrogens with zero attached hydrogens (tertiary/aromatic N) is 1. The van der Waals surface area contributed by atoms with Gasteiger partial charge < -0.3 is 5.32 Å². The SMILES string of the molecule is Cc1cc(CNCC(C)C)cnc1Sc1cccc(Br)c1. The summed E-state index contributed by atoms with van der Waals surface area (Å²) in [6.07, 6.45) is 1.97. The van der Waals surface area contributed by atoms with E-state index in [0.717, 1.165) is 22.6 Å². The minimum Gasteiger partial charge on any atom is -0.312 e. The molecule has 0 atom stereocenters. The molecule has 1 aromatic carbocycles. The van der Waals surface area contributed by atoms with Crippen LogP contribution >= 0.6 is 27.7 Å². The van der Waals surface area contributed by atoms with Gasteiger partial charge in [-0.3, -0.25) is 0 Å². The van der Waals surface area contributed by atoms with Crippen molar-refractivity contribution in [3.63, 3.8) is 0 Å². The van der Waals surface area contributed by atoms with E-state index in [1.807, 2.05) is 18.3 Å². The molecule has 0 amide bonds. The number of nitrogens with one attached hydrogen (secondary N) is 1. The van der Waals surface area contributed by atoms with Gasteiger partial charge in [-0.2, -0.15) is 0 Å². The summed E-state index contributed by atoms with van der Waals surface area (Å²) in [5, 5.41) is 4.52. The third-order valence-electron chi connectivity index (χ3n) is 2.98. The average molecular weight is 365 g/mol. The summed E-state index contributed by atoms with van der Waals surface area (Å²) in [6.45, 7) is 8.48. The van der Waals surface area contributed by atoms with Gasteiger partial charge in [0, 0.05) is 22.1 Å². The van der Waals surface area contributed by atoms with Gasteiger partial charge in [-0.1, -0.05) is 53.7 Å². The Balaban J connectivity index is 2.02. The molecule has 0 unspecified atom stereocenters. The lowest BCUT2D eigenvalue weighted by Crippen LogP contribution is -2.19. The zero-order chi connectivity index (χ0) is 15.2. The number of aryl methyl sites for hydroxylation is 1. The summed E-state index contributed by atoms with van der Waals surface area (Å²) in [7, 11) is 0. The van der Waals surface area contributed by atoms with Gasteiger partial charge in [0.2, 0.25) is 0 Å². The standard InChI is InChI=1S/C17H21BrN2S/c1-12(2)9-19-10-14-7-13(3)17(20-11-14)21-16-6-4-5-15(18)8-16/h4-8,11-12,19H,9-10H2,1-3H3. The van der Waals surface area contributed by atoms with Gasteiger partial charge in [-0.05, 0) is 48.7 Å². The van der Waals surface area contributed by atoms with Crippen molar-refractivity contribution in [2.75, 3.05) is 6.54 Å². The molecule has 112 valence electrons. The van der Waals surface area contributed by atoms with E-state index in [2.05, 4.69) is 65.2 Å². The van der Waals surface area contributed by atoms with Crippen LogP contribution in [0.15, 0.2) is 50.9 Å². The van der Waals surface area contributed by atoms with Crippen molar-refractivity contribution in [2.45, 2.75) is 37.2 Å². The van der Waals surface area contributed by atoms with Crippen LogP contribution in [0.1, 0.15) is 25.0 Å². The molecule has 0 aliphatic rings. The highest BCUT2D eigenvalue weighted by Gasteiger charge is 2.05. The molecule has 0 fully saturated rings. The second-order valence-electron chi connectivity index (χ2n) is 5.55. The van der Waals surface area contributed by atoms with Crippen LogP contribution in [0.3, 0.4) is 0 Å². The maximum Gasteiger partial charge on any atom is 0.104 e. The van der Waals surface area contributed by atoms with Gasteiger partial charge in [-0.15, -0.1) is 0 Å². The Morgan fingerprint density at radius 3 is 2.76 bits per heavy atom. The normalized spacial score (nSPS) is 11.1. The van der Waals surface area contributed by atoms with E-state index in [9.17, 15) is 0 Å². The predicted octanol–water partition coefficient (Wildman–Crippen LogP) is 5.05. The largest absolute Gasteiger partial charge is 0.312 e. The van der Waals surface area contributed by atoms with Gasteiger partial charge in [0.15, 0.2) is 0 Å². The van der Waals surface area contributed by atoms with Crippen LogP contribution in [0, 0.1) is 12.8 Å². The second-order valence-corrected chi connectivity index (χ2v) is 7.53. The Kier molecular flexibility index (Phi) is 6.27. The van der Waals surface area contributed by atoms with Gasteiger partial charge in [0.25, 0.3) is 0 Å². The molecule has 1 aromatic heterocycles. The first-order valence-electron chi connectivity index (χ1n) is 7.14. The van der Waals surface area contributed by atoms with Gasteiger partial charge in [0.05, 0.1) is 0 Å². The first-order valence-corrected chi connectivity index (χ1v) is 8.75. The lowest BCUT2D eigenvalue weighted by molar-refractivity contribution is 0.551. The minimum absolute atomic E-state index is 0.672. The fraction of sp³-hybridized carbons (Fsp3) is 0.353. The van der Waals surface area contributed by atoms with Gasteiger partial charge in [0.1, 0.15) is 5.03 Å². The zero-order valence-electron chi connectivity index (χ0n) is 12.7. The summed E-state index contributed by atoms with van der Waals surface area (Å²) in [6, 6.07) is 10.5. The van der Waals surface area contributed by atoms with Crippen molar-refractivity contribution in [1.29, 1.82) is 0 Å². The predicted molar refractivity (Wildman–Crippen MR) is 93.8 cm³/mol. The summed E-state index contributed by atoms with van der Waals surface area (Å²) in [5.41, 5.74) is 2.47. The summed E-state index contributed by atoms with van der Waals surface area (Å²) < 4.78 is 1.10. The molecule has 0 radical (unpaired) electrons. The van der Waals surface area contributed by atoms with Crippen molar-refractivity contribution in [2.24, 2.45) is 5.92 Å². The van der Waals surface area contributed by atoms with Crippen LogP contribution in [0.25, 0.3) is 0 Å². The number of pyridine rings is 1. The van der Waals surface area contributed by atoms with Crippen LogP contribution in [0.5, 0.6) is 0 Å². The van der Waals surface area contributed by atoms with Crippen molar-refractivity contribution in [3.8, 4) is 0 Å². The minimum atomic E-state index is 0.672. The number of rotatable bonds is 6. The molecule has 21 heavy (non-hydrogen) atoms. The third kappa shape index (κ3) is 5.46. The van der Waals surface area contributed by atoms with E-state index in [-0.39, 0.29) is 0 Å². The Hall–Kier alpha value is -0.840. The van der Waals surface area contributed by atoms with E-state index < -0.39 is 0 Å². The fourth-order valence-corrected chi connectivity index (χ4v) is 3.40. The molecule has 0 saturated heterocycles. The topological polar surface area (TPSA) is 24.9 Å². The number of benzene rings is 1. The Morgan fingerprint density at radius 2 is 2.10 bits per heavy atom. The molecule has 2 rings (SSSR count). The van der Waals surface area contributed by atoms with Crippen LogP contribution in [-0.4, -0.2) is 11.5 Å². The number of hydrogen-bond acceptors (Lipinski definition) is 3. The summed E-state index contributed by atoms with van der Waals surface area (Å²) in [5.74, 6) is 0.672. The fourth-order valence-electron chi connectivity index (χ4n) is 1.97. The summed E-state index contributed by atoms with van der Waals surface area (Å²) >= 11 is 5.21. The molecule has 1 N–H and O–H groups in total. The third-order valence-corrected chi connectivity index (χ3v) is 4.58. The maximum absolute atomic E-state index is 4.61. The first kappa shape index (κ1) is 16.5. The first-order chi connectivity index (χ1) is 10.0. The molecule has 0 bridgehead atoms.